The van der Waals surface area contributed by atoms with E-state index in [9.17, 15) is 9.59 Å². The summed E-state index contributed by atoms with van der Waals surface area (Å²) >= 11 is 0. The minimum absolute atomic E-state index is 0.0480. The number of fused-ring (bicyclic) bond motifs is 1. The van der Waals surface area contributed by atoms with E-state index in [4.69, 9.17) is 9.72 Å². The number of ketones is 1. The molecule has 4 rings (SSSR count). The molecule has 1 aliphatic heterocycles. The fourth-order valence-electron chi connectivity index (χ4n) is 3.79. The lowest BCUT2D eigenvalue weighted by Crippen LogP contribution is -2.39. The van der Waals surface area contributed by atoms with Crippen LogP contribution in [0.5, 0.6) is 5.88 Å². The van der Waals surface area contributed by atoms with Crippen molar-refractivity contribution >= 4 is 16.8 Å². The summed E-state index contributed by atoms with van der Waals surface area (Å²) in [6.07, 6.45) is 6.97. The third-order valence-electron chi connectivity index (χ3n) is 5.53. The molecule has 0 saturated heterocycles. The summed E-state index contributed by atoms with van der Waals surface area (Å²) in [6.45, 7) is 10.2. The highest BCUT2D eigenvalue weighted by atomic mass is 16.5. The van der Waals surface area contributed by atoms with Gasteiger partial charge in [-0.25, -0.2) is 14.6 Å². The maximum absolute atomic E-state index is 13.0. The van der Waals surface area contributed by atoms with Gasteiger partial charge in [0.1, 0.15) is 17.5 Å². The van der Waals surface area contributed by atoms with Crippen LogP contribution in [0.4, 0.5) is 0 Å². The van der Waals surface area contributed by atoms with E-state index in [2.05, 4.69) is 39.9 Å². The van der Waals surface area contributed by atoms with Gasteiger partial charge in [-0.3, -0.25) is 9.59 Å². The number of nitrogens with one attached hydrogen (secondary N) is 1. The Morgan fingerprint density at radius 3 is 2.66 bits per heavy atom. The number of carbonyl (C=O) groups is 1. The van der Waals surface area contributed by atoms with Crippen molar-refractivity contribution in [2.45, 2.75) is 59.7 Å². The molecule has 9 heteroatoms. The lowest BCUT2D eigenvalue weighted by Gasteiger charge is -2.39. The van der Waals surface area contributed by atoms with Crippen LogP contribution in [0, 0.1) is 0 Å². The number of carbonyl (C=O) groups excluding carboxylic acids is 1. The highest BCUT2D eigenvalue weighted by molar-refractivity contribution is 5.95. The highest BCUT2D eigenvalue weighted by Gasteiger charge is 2.29. The van der Waals surface area contributed by atoms with Crippen LogP contribution in [-0.4, -0.2) is 48.1 Å². The Morgan fingerprint density at radius 1 is 1.28 bits per heavy atom. The summed E-state index contributed by atoms with van der Waals surface area (Å²) in [7, 11) is 0. The molecule has 32 heavy (non-hydrogen) atoms. The van der Waals surface area contributed by atoms with Crippen molar-refractivity contribution in [3.05, 3.63) is 46.2 Å². The first-order chi connectivity index (χ1) is 15.3. The molecule has 0 saturated carbocycles. The minimum Gasteiger partial charge on any atom is -0.477 e. The summed E-state index contributed by atoms with van der Waals surface area (Å²) in [4.78, 5) is 39.0. The average molecular weight is 437 g/mol. The molecule has 1 aliphatic rings. The number of Topliss-reactive ketones (excluding diaryl/α,β-unsaturated/α-hetero) is 1. The van der Waals surface area contributed by atoms with Gasteiger partial charge in [0, 0.05) is 24.0 Å². The van der Waals surface area contributed by atoms with E-state index >= 15 is 0 Å². The Labute approximate surface area is 186 Å². The Kier molecular flexibility index (Phi) is 5.82. The zero-order valence-electron chi connectivity index (χ0n) is 19.0. The zero-order chi connectivity index (χ0) is 23.0. The lowest BCUT2D eigenvalue weighted by molar-refractivity contribution is 0.101. The Hall–Kier alpha value is -3.49. The van der Waals surface area contributed by atoms with Gasteiger partial charge in [-0.15, -0.1) is 0 Å². The predicted octanol–water partition coefficient (Wildman–Crippen LogP) is 3.47. The molecule has 1 atom stereocenters. The largest absolute Gasteiger partial charge is 0.477 e. The van der Waals surface area contributed by atoms with Crippen LogP contribution < -0.4 is 10.3 Å². The fraction of sp³-hybridized carbons (Fsp3) is 0.435. The van der Waals surface area contributed by atoms with Crippen LogP contribution in [-0.2, 0) is 6.42 Å². The van der Waals surface area contributed by atoms with Crippen molar-refractivity contribution in [1.82, 2.24) is 29.6 Å². The zero-order valence-corrected chi connectivity index (χ0v) is 19.0. The first kappa shape index (κ1) is 21.7. The van der Waals surface area contributed by atoms with Gasteiger partial charge in [-0.05, 0) is 45.8 Å². The van der Waals surface area contributed by atoms with E-state index < -0.39 is 0 Å². The van der Waals surface area contributed by atoms with Gasteiger partial charge < -0.3 is 14.6 Å². The van der Waals surface area contributed by atoms with Gasteiger partial charge in [0.25, 0.3) is 5.56 Å². The molecule has 0 aromatic carbocycles. The van der Waals surface area contributed by atoms with E-state index in [0.29, 0.717) is 52.9 Å². The molecule has 0 fully saturated rings. The van der Waals surface area contributed by atoms with Gasteiger partial charge in [-0.1, -0.05) is 13.8 Å². The number of hydrogen-bond donors (Lipinski definition) is 1. The lowest BCUT2D eigenvalue weighted by atomic mass is 10.1. The smallest absolute Gasteiger partial charge is 0.279 e. The third kappa shape index (κ3) is 3.68. The average Bonchev–Trinajstić information content (AvgIpc) is 3.09. The second-order valence-electron chi connectivity index (χ2n) is 8.13. The Morgan fingerprint density at radius 2 is 2.06 bits per heavy atom. The van der Waals surface area contributed by atoms with E-state index in [1.165, 1.54) is 13.1 Å². The van der Waals surface area contributed by atoms with Crippen molar-refractivity contribution in [1.29, 1.82) is 0 Å². The summed E-state index contributed by atoms with van der Waals surface area (Å²) in [5.74, 6) is 0.512. The molecule has 3 aromatic heterocycles. The van der Waals surface area contributed by atoms with Gasteiger partial charge in [0.05, 0.1) is 17.9 Å². The number of aromatic amines is 1. The second kappa shape index (κ2) is 8.57. The van der Waals surface area contributed by atoms with Gasteiger partial charge >= 0.3 is 0 Å². The van der Waals surface area contributed by atoms with E-state index in [1.54, 1.807) is 6.07 Å². The van der Waals surface area contributed by atoms with Gasteiger partial charge in [0.15, 0.2) is 11.3 Å². The van der Waals surface area contributed by atoms with Crippen LogP contribution in [0.15, 0.2) is 29.3 Å². The van der Waals surface area contributed by atoms with Gasteiger partial charge in [-0.2, -0.15) is 5.10 Å². The number of nitrogens with zero attached hydrogens (tertiary/aromatic N) is 5. The number of hydrogen-bond acceptors (Lipinski definition) is 7. The topological polar surface area (TPSA) is 106 Å². The number of ether oxygens (including phenoxy) is 1. The van der Waals surface area contributed by atoms with Crippen molar-refractivity contribution in [2.24, 2.45) is 0 Å². The summed E-state index contributed by atoms with van der Waals surface area (Å²) in [5, 5.41) is 4.61. The van der Waals surface area contributed by atoms with Crippen molar-refractivity contribution in [2.75, 3.05) is 6.61 Å². The highest BCUT2D eigenvalue weighted by Crippen LogP contribution is 2.31. The first-order valence-corrected chi connectivity index (χ1v) is 11.0. The normalized spacial score (nSPS) is 15.4. The predicted molar refractivity (Wildman–Crippen MR) is 122 cm³/mol. The van der Waals surface area contributed by atoms with Crippen molar-refractivity contribution in [3.63, 3.8) is 0 Å². The molecule has 1 unspecified atom stereocenters. The SMILES string of the molecule is CCCOc1ncc(C(C)=O)cc1-c1nc2c(CC)n(C3C=CN3C(C)C)nc2c(=O)[nH]1. The second-order valence-corrected chi connectivity index (χ2v) is 8.13. The van der Waals surface area contributed by atoms with Crippen molar-refractivity contribution < 1.29 is 9.53 Å². The molecular formula is C23H28N6O3. The van der Waals surface area contributed by atoms with Crippen molar-refractivity contribution in [3.8, 4) is 17.3 Å². The van der Waals surface area contributed by atoms with E-state index in [-0.39, 0.29) is 17.5 Å². The molecule has 3 aromatic rings. The molecule has 1 N–H and O–H groups in total. The quantitative estimate of drug-likeness (QED) is 0.539. The van der Waals surface area contributed by atoms with E-state index in [1.807, 2.05) is 24.7 Å². The standard InChI is InChI=1S/C23H28N6O3/c1-6-10-32-23-16(11-15(12-24-23)14(5)30)21-25-19-17(7-2)29(27-20(19)22(31)26-21)18-8-9-28(18)13(3)4/h8-9,11-13,18H,6-7,10H2,1-5H3,(H,25,26,31). The van der Waals surface area contributed by atoms with Gasteiger partial charge in [0.2, 0.25) is 5.88 Å². The number of H-pyrrole nitrogens is 1. The van der Waals surface area contributed by atoms with Crippen LogP contribution in [0.2, 0.25) is 0 Å². The van der Waals surface area contributed by atoms with Crippen LogP contribution in [0.1, 0.15) is 63.3 Å². The summed E-state index contributed by atoms with van der Waals surface area (Å²) in [6, 6.07) is 1.97. The van der Waals surface area contributed by atoms with E-state index in [0.717, 1.165) is 12.1 Å². The maximum atomic E-state index is 13.0. The molecule has 0 spiro atoms. The molecular weight excluding hydrogens is 408 g/mol. The number of pyridine rings is 1. The molecule has 9 nitrogen and oxygen atoms in total. The molecule has 0 amide bonds. The number of rotatable bonds is 8. The molecule has 4 heterocycles. The summed E-state index contributed by atoms with van der Waals surface area (Å²) < 4.78 is 7.64. The summed E-state index contributed by atoms with van der Waals surface area (Å²) in [5.41, 5.74) is 2.27. The Bertz CT molecular complexity index is 1260. The fourth-order valence-corrected chi connectivity index (χ4v) is 3.79. The molecule has 0 bridgehead atoms. The maximum Gasteiger partial charge on any atom is 0.279 e. The first-order valence-electron chi connectivity index (χ1n) is 11.0. The Balaban J connectivity index is 1.89. The molecule has 168 valence electrons. The third-order valence-corrected chi connectivity index (χ3v) is 5.53. The van der Waals surface area contributed by atoms with Crippen LogP contribution in [0.3, 0.4) is 0 Å². The molecule has 0 radical (unpaired) electrons. The van der Waals surface area contributed by atoms with Crippen LogP contribution >= 0.6 is 0 Å². The number of aromatic nitrogens is 5. The van der Waals surface area contributed by atoms with Crippen LogP contribution in [0.25, 0.3) is 22.4 Å². The molecule has 0 aliphatic carbocycles. The monoisotopic (exact) mass is 436 g/mol. The number of aryl methyl sites for hydroxylation is 1. The minimum atomic E-state index is -0.340.